The van der Waals surface area contributed by atoms with Crippen molar-refractivity contribution in [2.75, 3.05) is 39.3 Å². The Morgan fingerprint density at radius 2 is 1.65 bits per heavy atom. The van der Waals surface area contributed by atoms with Gasteiger partial charge in [-0.25, -0.2) is 0 Å². The summed E-state index contributed by atoms with van der Waals surface area (Å²) in [6.45, 7) is 12.1. The zero-order chi connectivity index (χ0) is 14.2. The van der Waals surface area contributed by atoms with Crippen molar-refractivity contribution >= 4 is 0 Å². The second-order valence-corrected chi connectivity index (χ2v) is 8.06. The zero-order valence-corrected chi connectivity index (χ0v) is 13.5. The molecule has 3 heteroatoms. The summed E-state index contributed by atoms with van der Waals surface area (Å²) in [5.41, 5.74) is 6.95. The molecule has 0 spiro atoms. The van der Waals surface area contributed by atoms with Gasteiger partial charge in [0.1, 0.15) is 0 Å². The maximum Gasteiger partial charge on any atom is 0.0383 e. The molecule has 3 rings (SSSR count). The molecule has 3 aliphatic rings. The van der Waals surface area contributed by atoms with Crippen molar-refractivity contribution in [2.24, 2.45) is 17.1 Å². The molecule has 1 atom stereocenters. The smallest absolute Gasteiger partial charge is 0.0383 e. The highest BCUT2D eigenvalue weighted by Crippen LogP contribution is 2.47. The van der Waals surface area contributed by atoms with Crippen LogP contribution in [0.2, 0.25) is 0 Å². The first-order valence-corrected chi connectivity index (χ1v) is 8.75. The van der Waals surface area contributed by atoms with Gasteiger partial charge >= 0.3 is 0 Å². The monoisotopic (exact) mass is 279 g/mol. The molecule has 0 bridgehead atoms. The summed E-state index contributed by atoms with van der Waals surface area (Å²) in [5, 5.41) is 0. The summed E-state index contributed by atoms with van der Waals surface area (Å²) in [7, 11) is 0. The number of hydrogen-bond donors (Lipinski definition) is 1. The summed E-state index contributed by atoms with van der Waals surface area (Å²) in [6.07, 6.45) is 8.34. The Kier molecular flexibility index (Phi) is 4.13. The highest BCUT2D eigenvalue weighted by molar-refractivity contribution is 5.06. The van der Waals surface area contributed by atoms with Crippen LogP contribution in [0.25, 0.3) is 0 Å². The van der Waals surface area contributed by atoms with Gasteiger partial charge in [-0.3, -0.25) is 4.90 Å². The zero-order valence-electron chi connectivity index (χ0n) is 13.5. The van der Waals surface area contributed by atoms with Gasteiger partial charge in [-0.05, 0) is 37.0 Å². The predicted molar refractivity (Wildman–Crippen MR) is 84.8 cm³/mol. The molecule has 1 saturated heterocycles. The van der Waals surface area contributed by atoms with Gasteiger partial charge in [-0.15, -0.1) is 0 Å². The van der Waals surface area contributed by atoms with Crippen LogP contribution < -0.4 is 5.73 Å². The Labute approximate surface area is 124 Å². The summed E-state index contributed by atoms with van der Waals surface area (Å²) >= 11 is 0. The van der Waals surface area contributed by atoms with Crippen molar-refractivity contribution in [1.29, 1.82) is 0 Å². The van der Waals surface area contributed by atoms with Crippen LogP contribution in [-0.4, -0.2) is 54.6 Å². The Morgan fingerprint density at radius 3 is 2.20 bits per heavy atom. The van der Waals surface area contributed by atoms with E-state index in [2.05, 4.69) is 23.6 Å². The molecule has 3 nitrogen and oxygen atoms in total. The van der Waals surface area contributed by atoms with Crippen LogP contribution in [0.15, 0.2) is 0 Å². The molecule has 20 heavy (non-hydrogen) atoms. The second kappa shape index (κ2) is 5.58. The van der Waals surface area contributed by atoms with Crippen LogP contribution in [0.4, 0.5) is 0 Å². The van der Waals surface area contributed by atoms with E-state index in [4.69, 9.17) is 5.73 Å². The molecule has 1 aliphatic heterocycles. The fraction of sp³-hybridized carbons (Fsp3) is 1.00. The molecule has 116 valence electrons. The summed E-state index contributed by atoms with van der Waals surface area (Å²) in [5.74, 6) is 1.02. The Morgan fingerprint density at radius 1 is 1.00 bits per heavy atom. The lowest BCUT2D eigenvalue weighted by Gasteiger charge is -2.58. The maximum absolute atomic E-state index is 6.31. The van der Waals surface area contributed by atoms with Crippen molar-refractivity contribution in [3.8, 4) is 0 Å². The van der Waals surface area contributed by atoms with Gasteiger partial charge in [0.2, 0.25) is 0 Å². The van der Waals surface area contributed by atoms with Gasteiger partial charge in [0.15, 0.2) is 0 Å². The lowest BCUT2D eigenvalue weighted by Crippen LogP contribution is -2.67. The molecule has 2 N–H and O–H groups in total. The van der Waals surface area contributed by atoms with E-state index in [0.29, 0.717) is 5.41 Å². The maximum atomic E-state index is 6.31. The molecule has 0 aromatic carbocycles. The van der Waals surface area contributed by atoms with Crippen molar-refractivity contribution in [3.63, 3.8) is 0 Å². The van der Waals surface area contributed by atoms with E-state index in [-0.39, 0.29) is 5.54 Å². The number of nitrogens with zero attached hydrogens (tertiary/aromatic N) is 2. The van der Waals surface area contributed by atoms with Crippen LogP contribution in [0.5, 0.6) is 0 Å². The Bertz CT molecular complexity index is 329. The molecule has 3 fully saturated rings. The van der Waals surface area contributed by atoms with Crippen LogP contribution in [-0.2, 0) is 0 Å². The van der Waals surface area contributed by atoms with E-state index in [9.17, 15) is 0 Å². The van der Waals surface area contributed by atoms with Gasteiger partial charge in [-0.1, -0.05) is 26.7 Å². The molecule has 1 heterocycles. The van der Waals surface area contributed by atoms with Crippen LogP contribution in [0, 0.1) is 11.3 Å². The minimum absolute atomic E-state index is 0.261. The number of hydrogen-bond acceptors (Lipinski definition) is 3. The lowest BCUT2D eigenvalue weighted by atomic mass is 9.62. The third-order valence-electron chi connectivity index (χ3n) is 6.43. The van der Waals surface area contributed by atoms with E-state index in [1.54, 1.807) is 0 Å². The molecular formula is C17H33N3. The summed E-state index contributed by atoms with van der Waals surface area (Å²) in [4.78, 5) is 5.45. The lowest BCUT2D eigenvalue weighted by molar-refractivity contribution is -0.0651. The molecule has 0 amide bonds. The predicted octanol–water partition coefficient (Wildman–Crippen LogP) is 2.31. The number of rotatable bonds is 4. The molecule has 2 saturated carbocycles. The van der Waals surface area contributed by atoms with Gasteiger partial charge in [-0.2, -0.15) is 0 Å². The van der Waals surface area contributed by atoms with Crippen molar-refractivity contribution in [2.45, 2.75) is 57.9 Å². The summed E-state index contributed by atoms with van der Waals surface area (Å²) < 4.78 is 0. The molecule has 0 aromatic heterocycles. The second-order valence-electron chi connectivity index (χ2n) is 8.06. The van der Waals surface area contributed by atoms with Gasteiger partial charge in [0.25, 0.3) is 0 Å². The fourth-order valence-corrected chi connectivity index (χ4v) is 4.67. The average Bonchev–Trinajstić information content (AvgIpc) is 3.24. The number of piperazine rings is 1. The highest BCUT2D eigenvalue weighted by atomic mass is 15.3. The highest BCUT2D eigenvalue weighted by Gasteiger charge is 2.49. The first-order chi connectivity index (χ1) is 9.57. The minimum Gasteiger partial charge on any atom is -0.329 e. The first kappa shape index (κ1) is 14.8. The average molecular weight is 279 g/mol. The minimum atomic E-state index is 0.261. The summed E-state index contributed by atoms with van der Waals surface area (Å²) in [6, 6.07) is 0. The first-order valence-electron chi connectivity index (χ1n) is 8.75. The van der Waals surface area contributed by atoms with Gasteiger partial charge in [0.05, 0.1) is 0 Å². The SMILES string of the molecule is CC1(C)CCCCC1(CN)N1CCN(CC2CC2)CC1. The Hall–Kier alpha value is -0.120. The van der Waals surface area contributed by atoms with Crippen molar-refractivity contribution in [1.82, 2.24) is 9.80 Å². The molecule has 0 aromatic rings. The van der Waals surface area contributed by atoms with E-state index in [1.807, 2.05) is 0 Å². The third-order valence-corrected chi connectivity index (χ3v) is 6.43. The number of nitrogens with two attached hydrogens (primary N) is 1. The van der Waals surface area contributed by atoms with E-state index in [0.717, 1.165) is 12.5 Å². The van der Waals surface area contributed by atoms with Crippen molar-refractivity contribution in [3.05, 3.63) is 0 Å². The molecule has 0 radical (unpaired) electrons. The fourth-order valence-electron chi connectivity index (χ4n) is 4.67. The van der Waals surface area contributed by atoms with E-state index in [1.165, 1.54) is 71.2 Å². The third kappa shape index (κ3) is 2.65. The van der Waals surface area contributed by atoms with Crippen molar-refractivity contribution < 1.29 is 0 Å². The van der Waals surface area contributed by atoms with Crippen LogP contribution >= 0.6 is 0 Å². The van der Waals surface area contributed by atoms with Gasteiger partial charge in [0, 0.05) is 44.8 Å². The van der Waals surface area contributed by atoms with E-state index >= 15 is 0 Å². The Balaban J connectivity index is 1.64. The van der Waals surface area contributed by atoms with E-state index < -0.39 is 0 Å². The quantitative estimate of drug-likeness (QED) is 0.857. The van der Waals surface area contributed by atoms with Gasteiger partial charge < -0.3 is 10.6 Å². The normalized spacial score (nSPS) is 36.1. The largest absolute Gasteiger partial charge is 0.329 e. The van der Waals surface area contributed by atoms with Crippen LogP contribution in [0.3, 0.4) is 0 Å². The molecule has 2 aliphatic carbocycles. The topological polar surface area (TPSA) is 32.5 Å². The van der Waals surface area contributed by atoms with Crippen LogP contribution in [0.1, 0.15) is 52.4 Å². The molecular weight excluding hydrogens is 246 g/mol. The molecule has 1 unspecified atom stereocenters. The standard InChI is InChI=1S/C17H33N3/c1-16(2)7-3-4-8-17(16,14-18)20-11-9-19(10-12-20)13-15-5-6-15/h15H,3-14,18H2,1-2H3.